The van der Waals surface area contributed by atoms with Gasteiger partial charge in [0.1, 0.15) is 0 Å². The molecule has 0 radical (unpaired) electrons. The lowest BCUT2D eigenvalue weighted by atomic mass is 10.2. The summed E-state index contributed by atoms with van der Waals surface area (Å²) in [6, 6.07) is 0.0469. The Morgan fingerprint density at radius 1 is 1.83 bits per heavy atom. The number of aliphatic carboxylic acids is 1. The first-order chi connectivity index (χ1) is 5.58. The second-order valence-corrected chi connectivity index (χ2v) is 3.03. The van der Waals surface area contributed by atoms with E-state index in [0.29, 0.717) is 6.54 Å². The van der Waals surface area contributed by atoms with Gasteiger partial charge in [-0.25, -0.2) is 0 Å². The minimum Gasteiger partial charge on any atom is -0.480 e. The normalized spacial score (nSPS) is 25.1. The average Bonchev–Trinajstić information content (AvgIpc) is 1.81. The first-order valence-electron chi connectivity index (χ1n) is 3.81. The van der Waals surface area contributed by atoms with Gasteiger partial charge < -0.3 is 10.4 Å². The van der Waals surface area contributed by atoms with Crippen molar-refractivity contribution in [3.8, 4) is 0 Å². The van der Waals surface area contributed by atoms with E-state index in [4.69, 9.17) is 5.11 Å². The molecule has 1 atom stereocenters. The minimum atomic E-state index is -0.892. The summed E-state index contributed by atoms with van der Waals surface area (Å²) in [6.45, 7) is 2.60. The van der Waals surface area contributed by atoms with Gasteiger partial charge in [-0.3, -0.25) is 14.5 Å². The smallest absolute Gasteiger partial charge is 0.317 e. The van der Waals surface area contributed by atoms with Crippen LogP contribution in [0.2, 0.25) is 0 Å². The molecule has 1 saturated heterocycles. The van der Waals surface area contributed by atoms with Crippen LogP contribution in [0.15, 0.2) is 0 Å². The van der Waals surface area contributed by atoms with Gasteiger partial charge in [-0.15, -0.1) is 0 Å². The Balaban J connectivity index is 2.44. The van der Waals surface area contributed by atoms with Crippen LogP contribution in [-0.2, 0) is 9.59 Å². The second kappa shape index (κ2) is 3.53. The Kier molecular flexibility index (Phi) is 2.65. The quantitative estimate of drug-likeness (QED) is 0.554. The highest BCUT2D eigenvalue weighted by Crippen LogP contribution is 1.98. The van der Waals surface area contributed by atoms with Gasteiger partial charge in [0.25, 0.3) is 0 Å². The Labute approximate surface area is 70.4 Å². The molecule has 0 aromatic rings. The summed E-state index contributed by atoms with van der Waals surface area (Å²) in [5.74, 6) is -0.994. The van der Waals surface area contributed by atoms with Crippen molar-refractivity contribution in [2.45, 2.75) is 13.0 Å². The van der Waals surface area contributed by atoms with E-state index in [1.54, 1.807) is 4.90 Å². The van der Waals surface area contributed by atoms with Crippen LogP contribution >= 0.6 is 0 Å². The van der Waals surface area contributed by atoms with Crippen molar-refractivity contribution in [1.29, 1.82) is 0 Å². The Morgan fingerprint density at radius 3 is 3.00 bits per heavy atom. The average molecular weight is 172 g/mol. The number of hydrogen-bond donors (Lipinski definition) is 2. The molecule has 5 nitrogen and oxygen atoms in total. The standard InChI is InChI=1S/C7H12N2O3/c1-5-2-9(4-7(11)12)3-6(10)8-5/h5H,2-4H2,1H3,(H,8,10)(H,11,12). The Morgan fingerprint density at radius 2 is 2.50 bits per heavy atom. The summed E-state index contributed by atoms with van der Waals surface area (Å²) in [5, 5.41) is 11.2. The fraction of sp³-hybridized carbons (Fsp3) is 0.714. The summed E-state index contributed by atoms with van der Waals surface area (Å²) in [6.07, 6.45) is 0. The van der Waals surface area contributed by atoms with Crippen LogP contribution in [-0.4, -0.2) is 47.6 Å². The number of piperazine rings is 1. The number of carbonyl (C=O) groups excluding carboxylic acids is 1. The van der Waals surface area contributed by atoms with Crippen LogP contribution in [0.5, 0.6) is 0 Å². The van der Waals surface area contributed by atoms with Gasteiger partial charge in [0, 0.05) is 12.6 Å². The van der Waals surface area contributed by atoms with Gasteiger partial charge in [-0.1, -0.05) is 0 Å². The monoisotopic (exact) mass is 172 g/mol. The Bertz CT molecular complexity index is 203. The van der Waals surface area contributed by atoms with Crippen molar-refractivity contribution in [3.63, 3.8) is 0 Å². The molecule has 1 fully saturated rings. The van der Waals surface area contributed by atoms with Gasteiger partial charge in [-0.2, -0.15) is 0 Å². The zero-order valence-electron chi connectivity index (χ0n) is 6.91. The number of amides is 1. The lowest BCUT2D eigenvalue weighted by Gasteiger charge is -2.29. The highest BCUT2D eigenvalue weighted by Gasteiger charge is 2.22. The zero-order chi connectivity index (χ0) is 9.14. The fourth-order valence-electron chi connectivity index (χ4n) is 1.33. The predicted molar refractivity (Wildman–Crippen MR) is 41.7 cm³/mol. The first-order valence-corrected chi connectivity index (χ1v) is 3.81. The lowest BCUT2D eigenvalue weighted by molar-refractivity contribution is -0.139. The largest absolute Gasteiger partial charge is 0.480 e. The first kappa shape index (κ1) is 8.99. The molecular weight excluding hydrogens is 160 g/mol. The molecule has 1 heterocycles. The van der Waals surface area contributed by atoms with Gasteiger partial charge in [0.15, 0.2) is 0 Å². The molecular formula is C7H12N2O3. The molecule has 1 amide bonds. The number of carboxylic acids is 1. The number of carboxylic acid groups (broad SMARTS) is 1. The van der Waals surface area contributed by atoms with Crippen molar-refractivity contribution < 1.29 is 14.7 Å². The molecule has 0 spiro atoms. The molecule has 1 aliphatic heterocycles. The van der Waals surface area contributed by atoms with E-state index < -0.39 is 5.97 Å². The molecule has 2 N–H and O–H groups in total. The highest BCUT2D eigenvalue weighted by molar-refractivity contribution is 5.80. The van der Waals surface area contributed by atoms with Gasteiger partial charge in [0.2, 0.25) is 5.91 Å². The molecule has 0 bridgehead atoms. The zero-order valence-corrected chi connectivity index (χ0v) is 6.91. The van der Waals surface area contributed by atoms with Crippen molar-refractivity contribution in [2.75, 3.05) is 19.6 Å². The van der Waals surface area contributed by atoms with Crippen molar-refractivity contribution in [2.24, 2.45) is 0 Å². The third-order valence-electron chi connectivity index (χ3n) is 1.67. The van der Waals surface area contributed by atoms with Crippen LogP contribution in [0.1, 0.15) is 6.92 Å². The number of carbonyl (C=O) groups is 2. The van der Waals surface area contributed by atoms with Crippen LogP contribution < -0.4 is 5.32 Å². The Hall–Kier alpha value is -1.10. The SMILES string of the molecule is CC1CN(CC(=O)O)CC(=O)N1. The van der Waals surface area contributed by atoms with E-state index in [0.717, 1.165) is 0 Å². The van der Waals surface area contributed by atoms with Crippen molar-refractivity contribution >= 4 is 11.9 Å². The fourth-order valence-corrected chi connectivity index (χ4v) is 1.33. The molecule has 0 saturated carbocycles. The van der Waals surface area contributed by atoms with Gasteiger partial charge in [0.05, 0.1) is 13.1 Å². The van der Waals surface area contributed by atoms with Gasteiger partial charge >= 0.3 is 5.97 Å². The number of hydrogen-bond acceptors (Lipinski definition) is 3. The molecule has 0 aromatic carbocycles. The van der Waals surface area contributed by atoms with Crippen LogP contribution in [0, 0.1) is 0 Å². The van der Waals surface area contributed by atoms with Crippen LogP contribution in [0.3, 0.4) is 0 Å². The van der Waals surface area contributed by atoms with Crippen molar-refractivity contribution in [1.82, 2.24) is 10.2 Å². The molecule has 1 unspecified atom stereocenters. The molecule has 12 heavy (non-hydrogen) atoms. The molecule has 68 valence electrons. The van der Waals surface area contributed by atoms with Crippen LogP contribution in [0.4, 0.5) is 0 Å². The number of nitrogens with zero attached hydrogens (tertiary/aromatic N) is 1. The van der Waals surface area contributed by atoms with Crippen LogP contribution in [0.25, 0.3) is 0 Å². The molecule has 0 aliphatic carbocycles. The van der Waals surface area contributed by atoms with E-state index in [2.05, 4.69) is 5.32 Å². The third kappa shape index (κ3) is 2.50. The maximum absolute atomic E-state index is 10.9. The summed E-state index contributed by atoms with van der Waals surface area (Å²) in [5.41, 5.74) is 0. The topological polar surface area (TPSA) is 69.6 Å². The van der Waals surface area contributed by atoms with Gasteiger partial charge in [-0.05, 0) is 6.92 Å². The van der Waals surface area contributed by atoms with E-state index >= 15 is 0 Å². The molecule has 5 heteroatoms. The maximum Gasteiger partial charge on any atom is 0.317 e. The summed E-state index contributed by atoms with van der Waals surface area (Å²) in [7, 11) is 0. The number of nitrogens with one attached hydrogen (secondary N) is 1. The predicted octanol–water partition coefficient (Wildman–Crippen LogP) is -1.11. The second-order valence-electron chi connectivity index (χ2n) is 3.03. The summed E-state index contributed by atoms with van der Waals surface area (Å²) in [4.78, 5) is 22.8. The highest BCUT2D eigenvalue weighted by atomic mass is 16.4. The van der Waals surface area contributed by atoms with E-state index in [9.17, 15) is 9.59 Å². The van der Waals surface area contributed by atoms with Crippen molar-refractivity contribution in [3.05, 3.63) is 0 Å². The van der Waals surface area contributed by atoms with E-state index in [1.807, 2.05) is 6.92 Å². The summed E-state index contributed by atoms with van der Waals surface area (Å²) < 4.78 is 0. The minimum absolute atomic E-state index is 0.0469. The van der Waals surface area contributed by atoms with E-state index in [-0.39, 0.29) is 25.0 Å². The summed E-state index contributed by atoms with van der Waals surface area (Å²) >= 11 is 0. The molecule has 1 rings (SSSR count). The molecule has 1 aliphatic rings. The number of rotatable bonds is 2. The third-order valence-corrected chi connectivity index (χ3v) is 1.67. The molecule has 0 aromatic heterocycles. The lowest BCUT2D eigenvalue weighted by Crippen LogP contribution is -2.53. The van der Waals surface area contributed by atoms with E-state index in [1.165, 1.54) is 0 Å². The maximum atomic E-state index is 10.9.